The molecule has 0 spiro atoms. The fourth-order valence-electron chi connectivity index (χ4n) is 2.76. The van der Waals surface area contributed by atoms with Gasteiger partial charge in [-0.1, -0.05) is 22.9 Å². The Hall–Kier alpha value is -2.20. The molecule has 0 N–H and O–H groups in total. The van der Waals surface area contributed by atoms with Crippen LogP contribution in [0.25, 0.3) is 10.2 Å². The van der Waals surface area contributed by atoms with E-state index >= 15 is 0 Å². The number of carbonyl (C=O) groups is 1. The van der Waals surface area contributed by atoms with E-state index in [1.54, 1.807) is 29.5 Å². The van der Waals surface area contributed by atoms with E-state index in [1.165, 1.54) is 23.5 Å². The molecule has 0 fully saturated rings. The molecule has 0 unspecified atom stereocenters. The SMILES string of the molecule is COCCn1c(=NC(=O)CCCSc2ccc(Cl)cc2)sc2ccc([N+](=O)[O-])cc21. The van der Waals surface area contributed by atoms with Gasteiger partial charge in [0.05, 0.1) is 21.7 Å². The number of methoxy groups -OCH3 is 1. The van der Waals surface area contributed by atoms with Gasteiger partial charge in [-0.2, -0.15) is 4.99 Å². The fraction of sp³-hybridized carbons (Fsp3) is 0.300. The van der Waals surface area contributed by atoms with Crippen LogP contribution in [0.4, 0.5) is 5.69 Å². The van der Waals surface area contributed by atoms with Crippen molar-refractivity contribution < 1.29 is 14.5 Å². The summed E-state index contributed by atoms with van der Waals surface area (Å²) in [4.78, 5) is 29.0. The van der Waals surface area contributed by atoms with E-state index in [1.807, 2.05) is 24.3 Å². The molecule has 1 heterocycles. The lowest BCUT2D eigenvalue weighted by molar-refractivity contribution is -0.384. The minimum atomic E-state index is -0.432. The summed E-state index contributed by atoms with van der Waals surface area (Å²) in [5.74, 6) is 0.587. The Labute approximate surface area is 186 Å². The van der Waals surface area contributed by atoms with Crippen molar-refractivity contribution in [1.29, 1.82) is 0 Å². The van der Waals surface area contributed by atoms with E-state index in [4.69, 9.17) is 16.3 Å². The highest BCUT2D eigenvalue weighted by Gasteiger charge is 2.13. The average Bonchev–Trinajstić information content (AvgIpc) is 3.06. The van der Waals surface area contributed by atoms with Crippen LogP contribution in [0, 0.1) is 10.1 Å². The summed E-state index contributed by atoms with van der Waals surface area (Å²) < 4.78 is 7.78. The van der Waals surface area contributed by atoms with Gasteiger partial charge >= 0.3 is 0 Å². The Morgan fingerprint density at radius 1 is 1.30 bits per heavy atom. The van der Waals surface area contributed by atoms with Crippen LogP contribution in [0.5, 0.6) is 0 Å². The first-order valence-electron chi connectivity index (χ1n) is 9.20. The minimum absolute atomic E-state index is 0.00330. The summed E-state index contributed by atoms with van der Waals surface area (Å²) in [6.07, 6.45) is 1.03. The maximum absolute atomic E-state index is 12.4. The smallest absolute Gasteiger partial charge is 0.271 e. The first kappa shape index (κ1) is 22.5. The number of benzene rings is 2. The van der Waals surface area contributed by atoms with Gasteiger partial charge in [-0.15, -0.1) is 11.8 Å². The van der Waals surface area contributed by atoms with Crippen molar-refractivity contribution >= 4 is 56.5 Å². The summed E-state index contributed by atoms with van der Waals surface area (Å²) in [5.41, 5.74) is 0.680. The van der Waals surface area contributed by atoms with E-state index in [0.29, 0.717) is 41.3 Å². The largest absolute Gasteiger partial charge is 0.383 e. The second-order valence-electron chi connectivity index (χ2n) is 6.35. The van der Waals surface area contributed by atoms with E-state index in [9.17, 15) is 14.9 Å². The Kier molecular flexibility index (Phi) is 8.03. The van der Waals surface area contributed by atoms with Crippen LogP contribution in [0.1, 0.15) is 12.8 Å². The molecule has 3 aromatic rings. The number of fused-ring (bicyclic) bond motifs is 1. The van der Waals surface area contributed by atoms with Crippen LogP contribution in [-0.2, 0) is 16.1 Å². The standard InChI is InChI=1S/C20H20ClN3O4S2/c1-28-11-10-23-17-13-15(24(26)27)6-9-18(17)30-20(23)22-19(25)3-2-12-29-16-7-4-14(21)5-8-16/h4-9,13H,2-3,10-12H2,1H3. The summed E-state index contributed by atoms with van der Waals surface area (Å²) in [6.45, 7) is 0.865. The number of aromatic nitrogens is 1. The molecular formula is C20H20ClN3O4S2. The van der Waals surface area contributed by atoms with Gasteiger partial charge in [0.25, 0.3) is 5.69 Å². The van der Waals surface area contributed by atoms with Crippen molar-refractivity contribution in [2.24, 2.45) is 4.99 Å². The molecule has 0 bridgehead atoms. The van der Waals surface area contributed by atoms with Crippen molar-refractivity contribution in [1.82, 2.24) is 4.57 Å². The molecule has 158 valence electrons. The third kappa shape index (κ3) is 5.91. The number of carbonyl (C=O) groups excluding carboxylic acids is 1. The molecule has 0 aliphatic rings. The topological polar surface area (TPSA) is 86.7 Å². The molecule has 3 rings (SSSR count). The number of ether oxygens (including phenoxy) is 1. The zero-order valence-corrected chi connectivity index (χ0v) is 18.6. The molecule has 0 radical (unpaired) electrons. The maximum atomic E-state index is 12.4. The molecular weight excluding hydrogens is 446 g/mol. The van der Waals surface area contributed by atoms with Crippen molar-refractivity contribution in [3.8, 4) is 0 Å². The predicted molar refractivity (Wildman–Crippen MR) is 120 cm³/mol. The van der Waals surface area contributed by atoms with E-state index in [0.717, 1.165) is 15.3 Å². The van der Waals surface area contributed by atoms with Crippen molar-refractivity contribution in [2.45, 2.75) is 24.3 Å². The first-order valence-corrected chi connectivity index (χ1v) is 11.4. The third-order valence-corrected chi connectivity index (χ3v) is 6.64. The molecule has 2 aromatic carbocycles. The van der Waals surface area contributed by atoms with Gasteiger partial charge < -0.3 is 9.30 Å². The lowest BCUT2D eigenvalue weighted by Gasteiger charge is -2.04. The minimum Gasteiger partial charge on any atom is -0.383 e. The second kappa shape index (κ2) is 10.7. The average molecular weight is 466 g/mol. The highest BCUT2D eigenvalue weighted by atomic mass is 35.5. The van der Waals surface area contributed by atoms with Gasteiger partial charge in [0, 0.05) is 42.1 Å². The number of nitrogens with zero attached hydrogens (tertiary/aromatic N) is 3. The Bertz CT molecular complexity index is 1110. The molecule has 0 atom stereocenters. The zero-order valence-electron chi connectivity index (χ0n) is 16.2. The van der Waals surface area contributed by atoms with E-state index in [2.05, 4.69) is 4.99 Å². The van der Waals surface area contributed by atoms with E-state index < -0.39 is 4.92 Å². The number of thioether (sulfide) groups is 1. The van der Waals surface area contributed by atoms with Crippen LogP contribution in [0.2, 0.25) is 5.02 Å². The normalized spacial score (nSPS) is 11.9. The molecule has 10 heteroatoms. The molecule has 7 nitrogen and oxygen atoms in total. The highest BCUT2D eigenvalue weighted by molar-refractivity contribution is 7.99. The van der Waals surface area contributed by atoms with Crippen molar-refractivity contribution in [3.63, 3.8) is 0 Å². The number of hydrogen-bond donors (Lipinski definition) is 0. The van der Waals surface area contributed by atoms with Crippen molar-refractivity contribution in [2.75, 3.05) is 19.5 Å². The predicted octanol–water partition coefficient (Wildman–Crippen LogP) is 4.91. The number of thiazole rings is 1. The number of nitro benzene ring substituents is 1. The van der Waals surface area contributed by atoms with Crippen LogP contribution >= 0.6 is 34.7 Å². The highest BCUT2D eigenvalue weighted by Crippen LogP contribution is 2.24. The summed E-state index contributed by atoms with van der Waals surface area (Å²) >= 11 is 8.89. The molecule has 0 saturated carbocycles. The number of nitro groups is 1. The summed E-state index contributed by atoms with van der Waals surface area (Å²) in [6, 6.07) is 12.2. The second-order valence-corrected chi connectivity index (χ2v) is 8.96. The molecule has 0 aliphatic carbocycles. The van der Waals surface area contributed by atoms with Gasteiger partial charge in [-0.3, -0.25) is 14.9 Å². The summed E-state index contributed by atoms with van der Waals surface area (Å²) in [7, 11) is 1.58. The number of rotatable bonds is 9. The first-order chi connectivity index (χ1) is 14.5. The molecule has 1 aromatic heterocycles. The fourth-order valence-corrected chi connectivity index (χ4v) is 4.79. The van der Waals surface area contributed by atoms with Crippen LogP contribution in [-0.4, -0.2) is 34.9 Å². The third-order valence-electron chi connectivity index (χ3n) is 4.23. The summed E-state index contributed by atoms with van der Waals surface area (Å²) in [5, 5.41) is 11.8. The Morgan fingerprint density at radius 2 is 2.07 bits per heavy atom. The lowest BCUT2D eigenvalue weighted by Crippen LogP contribution is -2.19. The Morgan fingerprint density at radius 3 is 2.77 bits per heavy atom. The Balaban J connectivity index is 1.72. The quantitative estimate of drug-likeness (QED) is 0.194. The zero-order chi connectivity index (χ0) is 21.5. The number of halogens is 1. The monoisotopic (exact) mass is 465 g/mol. The van der Waals surface area contributed by atoms with Crippen molar-refractivity contribution in [3.05, 3.63) is 62.4 Å². The number of amides is 1. The lowest BCUT2D eigenvalue weighted by atomic mass is 10.3. The maximum Gasteiger partial charge on any atom is 0.271 e. The number of hydrogen-bond acceptors (Lipinski definition) is 6. The van der Waals surface area contributed by atoms with Crippen LogP contribution in [0.15, 0.2) is 52.4 Å². The van der Waals surface area contributed by atoms with Crippen LogP contribution < -0.4 is 4.80 Å². The van der Waals surface area contributed by atoms with Gasteiger partial charge in [0.1, 0.15) is 0 Å². The van der Waals surface area contributed by atoms with Crippen LogP contribution in [0.3, 0.4) is 0 Å². The molecule has 0 aliphatic heterocycles. The van der Waals surface area contributed by atoms with Gasteiger partial charge in [0.15, 0.2) is 4.80 Å². The molecule has 0 saturated heterocycles. The van der Waals surface area contributed by atoms with E-state index in [-0.39, 0.29) is 11.6 Å². The molecule has 30 heavy (non-hydrogen) atoms. The molecule has 1 amide bonds. The van der Waals surface area contributed by atoms with Gasteiger partial charge in [0.2, 0.25) is 5.91 Å². The number of non-ortho nitro benzene ring substituents is 1. The van der Waals surface area contributed by atoms with Gasteiger partial charge in [-0.25, -0.2) is 0 Å². The van der Waals surface area contributed by atoms with Gasteiger partial charge in [-0.05, 0) is 42.5 Å².